The number of hydrogen-bond acceptors (Lipinski definition) is 2. The third-order valence-electron chi connectivity index (χ3n) is 2.88. The first kappa shape index (κ1) is 16.7. The summed E-state index contributed by atoms with van der Waals surface area (Å²) in [5, 5.41) is 2.82. The first-order chi connectivity index (χ1) is 9.20. The number of halogens is 1. The molecule has 0 spiro atoms. The van der Waals surface area contributed by atoms with Gasteiger partial charge >= 0.3 is 0 Å². The smallest absolute Gasteiger partial charge is 0.226 e. The molecule has 0 saturated heterocycles. The SMILES string of the molecule is CC(=O)N(CCC(=O)Nc1ccc(Br)cc1)C(C)(C)C. The number of carbonyl (C=O) groups excluding carboxylic acids is 2. The van der Waals surface area contributed by atoms with Crippen LogP contribution in [0.2, 0.25) is 0 Å². The van der Waals surface area contributed by atoms with E-state index in [2.05, 4.69) is 21.2 Å². The molecule has 1 rings (SSSR count). The maximum atomic E-state index is 11.9. The molecule has 0 fully saturated rings. The van der Waals surface area contributed by atoms with E-state index in [0.29, 0.717) is 6.54 Å². The molecular weight excluding hydrogens is 320 g/mol. The maximum absolute atomic E-state index is 11.9. The van der Waals surface area contributed by atoms with Crippen molar-refractivity contribution in [2.75, 3.05) is 11.9 Å². The summed E-state index contributed by atoms with van der Waals surface area (Å²) in [5.74, 6) is -0.114. The van der Waals surface area contributed by atoms with Crippen molar-refractivity contribution >= 4 is 33.4 Å². The fourth-order valence-electron chi connectivity index (χ4n) is 1.94. The zero-order chi connectivity index (χ0) is 15.3. The third-order valence-corrected chi connectivity index (χ3v) is 3.41. The van der Waals surface area contributed by atoms with Crippen LogP contribution in [0.15, 0.2) is 28.7 Å². The predicted molar refractivity (Wildman–Crippen MR) is 84.5 cm³/mol. The van der Waals surface area contributed by atoms with Crippen LogP contribution in [0.3, 0.4) is 0 Å². The zero-order valence-corrected chi connectivity index (χ0v) is 14.0. The van der Waals surface area contributed by atoms with Crippen LogP contribution in [-0.4, -0.2) is 28.8 Å². The fraction of sp³-hybridized carbons (Fsp3) is 0.467. The van der Waals surface area contributed by atoms with Gasteiger partial charge in [0.2, 0.25) is 11.8 Å². The van der Waals surface area contributed by atoms with Crippen molar-refractivity contribution < 1.29 is 9.59 Å². The minimum Gasteiger partial charge on any atom is -0.338 e. The van der Waals surface area contributed by atoms with Gasteiger partial charge in [-0.2, -0.15) is 0 Å². The lowest BCUT2D eigenvalue weighted by atomic mass is 10.1. The fourth-order valence-corrected chi connectivity index (χ4v) is 2.20. The Morgan fingerprint density at radius 2 is 1.75 bits per heavy atom. The van der Waals surface area contributed by atoms with Gasteiger partial charge in [0.25, 0.3) is 0 Å². The Morgan fingerprint density at radius 1 is 1.20 bits per heavy atom. The van der Waals surface area contributed by atoms with Gasteiger partial charge in [-0.25, -0.2) is 0 Å². The summed E-state index contributed by atoms with van der Waals surface area (Å²) in [4.78, 5) is 25.2. The lowest BCUT2D eigenvalue weighted by Crippen LogP contribution is -2.45. The van der Waals surface area contributed by atoms with E-state index < -0.39 is 0 Å². The van der Waals surface area contributed by atoms with Crippen LogP contribution in [0.1, 0.15) is 34.1 Å². The standard InChI is InChI=1S/C15H21BrN2O2/c1-11(19)18(15(2,3)4)10-9-14(20)17-13-7-5-12(16)6-8-13/h5-8H,9-10H2,1-4H3,(H,17,20). The van der Waals surface area contributed by atoms with E-state index in [4.69, 9.17) is 0 Å². The molecule has 0 aliphatic carbocycles. The van der Waals surface area contributed by atoms with Crippen LogP contribution >= 0.6 is 15.9 Å². The zero-order valence-electron chi connectivity index (χ0n) is 12.4. The van der Waals surface area contributed by atoms with Crippen molar-refractivity contribution in [1.29, 1.82) is 0 Å². The molecule has 2 amide bonds. The molecule has 20 heavy (non-hydrogen) atoms. The number of carbonyl (C=O) groups is 2. The van der Waals surface area contributed by atoms with E-state index >= 15 is 0 Å². The van der Waals surface area contributed by atoms with E-state index in [1.807, 2.05) is 45.0 Å². The number of amides is 2. The Hall–Kier alpha value is -1.36. The molecule has 0 aromatic heterocycles. The molecule has 110 valence electrons. The van der Waals surface area contributed by atoms with Gasteiger partial charge in [0, 0.05) is 35.6 Å². The quantitative estimate of drug-likeness (QED) is 0.912. The van der Waals surface area contributed by atoms with Gasteiger partial charge in [0.15, 0.2) is 0 Å². The number of nitrogens with zero attached hydrogens (tertiary/aromatic N) is 1. The average Bonchev–Trinajstić information content (AvgIpc) is 2.30. The summed E-state index contributed by atoms with van der Waals surface area (Å²) in [7, 11) is 0. The number of anilines is 1. The minimum atomic E-state index is -0.274. The van der Waals surface area contributed by atoms with Gasteiger partial charge in [0.1, 0.15) is 0 Å². The average molecular weight is 341 g/mol. The first-order valence-corrected chi connectivity index (χ1v) is 7.33. The molecule has 0 radical (unpaired) electrons. The molecule has 1 aromatic carbocycles. The Labute approximate surface area is 128 Å². The lowest BCUT2D eigenvalue weighted by molar-refractivity contribution is -0.134. The number of nitrogens with one attached hydrogen (secondary N) is 1. The van der Waals surface area contributed by atoms with Crippen LogP contribution in [0.5, 0.6) is 0 Å². The van der Waals surface area contributed by atoms with Crippen molar-refractivity contribution in [3.63, 3.8) is 0 Å². The highest BCUT2D eigenvalue weighted by Crippen LogP contribution is 2.16. The molecular formula is C15H21BrN2O2. The monoisotopic (exact) mass is 340 g/mol. The van der Waals surface area contributed by atoms with Crippen molar-refractivity contribution in [1.82, 2.24) is 4.90 Å². The molecule has 0 bridgehead atoms. The molecule has 0 heterocycles. The molecule has 0 unspecified atom stereocenters. The largest absolute Gasteiger partial charge is 0.338 e. The van der Waals surface area contributed by atoms with Crippen molar-refractivity contribution in [3.8, 4) is 0 Å². The Bertz CT molecular complexity index is 478. The van der Waals surface area contributed by atoms with Crippen LogP contribution in [0, 0.1) is 0 Å². The van der Waals surface area contributed by atoms with Gasteiger partial charge in [-0.15, -0.1) is 0 Å². The van der Waals surface area contributed by atoms with Gasteiger partial charge in [-0.05, 0) is 45.0 Å². The molecule has 4 nitrogen and oxygen atoms in total. The second kappa shape index (κ2) is 6.88. The molecule has 1 N–H and O–H groups in total. The minimum absolute atomic E-state index is 0.0195. The summed E-state index contributed by atoms with van der Waals surface area (Å²) < 4.78 is 0.964. The van der Waals surface area contributed by atoms with E-state index in [9.17, 15) is 9.59 Å². The van der Waals surface area contributed by atoms with Crippen LogP contribution in [0.4, 0.5) is 5.69 Å². The molecule has 0 aliphatic heterocycles. The van der Waals surface area contributed by atoms with Gasteiger partial charge in [-0.3, -0.25) is 9.59 Å². The van der Waals surface area contributed by atoms with Gasteiger partial charge < -0.3 is 10.2 Å². The van der Waals surface area contributed by atoms with E-state index in [0.717, 1.165) is 10.2 Å². The molecule has 0 atom stereocenters. The number of rotatable bonds is 4. The normalized spacial score (nSPS) is 11.1. The lowest BCUT2D eigenvalue weighted by Gasteiger charge is -2.34. The number of benzene rings is 1. The van der Waals surface area contributed by atoms with Crippen molar-refractivity contribution in [2.45, 2.75) is 39.7 Å². The van der Waals surface area contributed by atoms with Crippen LogP contribution in [0.25, 0.3) is 0 Å². The summed E-state index contributed by atoms with van der Waals surface area (Å²) in [6.45, 7) is 7.82. The molecule has 0 aliphatic rings. The number of hydrogen-bond donors (Lipinski definition) is 1. The highest BCUT2D eigenvalue weighted by atomic mass is 79.9. The highest BCUT2D eigenvalue weighted by molar-refractivity contribution is 9.10. The molecule has 1 aromatic rings. The third kappa shape index (κ3) is 5.33. The maximum Gasteiger partial charge on any atom is 0.226 e. The van der Waals surface area contributed by atoms with Crippen molar-refractivity contribution in [3.05, 3.63) is 28.7 Å². The van der Waals surface area contributed by atoms with Crippen LogP contribution in [-0.2, 0) is 9.59 Å². The second-order valence-electron chi connectivity index (χ2n) is 5.65. The van der Waals surface area contributed by atoms with Gasteiger partial charge in [0.05, 0.1) is 0 Å². The van der Waals surface area contributed by atoms with E-state index in [-0.39, 0.29) is 23.8 Å². The van der Waals surface area contributed by atoms with Crippen LogP contribution < -0.4 is 5.32 Å². The second-order valence-corrected chi connectivity index (χ2v) is 6.56. The highest BCUT2D eigenvalue weighted by Gasteiger charge is 2.23. The van der Waals surface area contributed by atoms with Gasteiger partial charge in [-0.1, -0.05) is 15.9 Å². The summed E-state index contributed by atoms with van der Waals surface area (Å²) >= 11 is 3.34. The summed E-state index contributed by atoms with van der Waals surface area (Å²) in [5.41, 5.74) is 0.479. The predicted octanol–water partition coefficient (Wildman–Crippen LogP) is 3.42. The van der Waals surface area contributed by atoms with Crippen molar-refractivity contribution in [2.24, 2.45) is 0 Å². The van der Waals surface area contributed by atoms with E-state index in [1.54, 1.807) is 4.90 Å². The Morgan fingerprint density at radius 3 is 2.20 bits per heavy atom. The summed E-state index contributed by atoms with van der Waals surface area (Å²) in [6, 6.07) is 7.39. The summed E-state index contributed by atoms with van der Waals surface area (Å²) in [6.07, 6.45) is 0.285. The Kier molecular flexibility index (Phi) is 5.74. The Balaban J connectivity index is 2.54. The first-order valence-electron chi connectivity index (χ1n) is 6.54. The topological polar surface area (TPSA) is 49.4 Å². The molecule has 5 heteroatoms. The van der Waals surface area contributed by atoms with E-state index in [1.165, 1.54) is 6.92 Å². The molecule has 0 saturated carbocycles.